The van der Waals surface area contributed by atoms with Gasteiger partial charge in [0, 0.05) is 16.2 Å². The Kier molecular flexibility index (Phi) is 3.77. The van der Waals surface area contributed by atoms with Gasteiger partial charge in [-0.1, -0.05) is 22.0 Å². The van der Waals surface area contributed by atoms with Gasteiger partial charge in [-0.3, -0.25) is 14.0 Å². The number of carbonyl (C=O) groups excluding carboxylic acids is 1. The number of rotatable bonds is 2. The summed E-state index contributed by atoms with van der Waals surface area (Å²) >= 11 is 3.32. The Hall–Kier alpha value is -2.47. The Balaban J connectivity index is 2.02. The van der Waals surface area contributed by atoms with E-state index in [0.717, 1.165) is 4.47 Å². The number of amides is 1. The van der Waals surface area contributed by atoms with Crippen molar-refractivity contribution in [2.45, 2.75) is 6.92 Å². The highest BCUT2D eigenvalue weighted by Crippen LogP contribution is 2.13. The van der Waals surface area contributed by atoms with Crippen molar-refractivity contribution in [3.8, 4) is 0 Å². The number of halogens is 1. The molecule has 2 aromatic heterocycles. The number of aromatic nitrogens is 2. The quantitative estimate of drug-likeness (QED) is 0.766. The number of hydrogen-bond donors (Lipinski definition) is 1. The molecular formula is C16H12BrN3O2. The summed E-state index contributed by atoms with van der Waals surface area (Å²) in [6, 6.07) is 12.2. The van der Waals surface area contributed by atoms with Gasteiger partial charge in [0.25, 0.3) is 11.5 Å². The van der Waals surface area contributed by atoms with Gasteiger partial charge < -0.3 is 5.32 Å². The lowest BCUT2D eigenvalue weighted by molar-refractivity contribution is 0.102. The fourth-order valence-corrected chi connectivity index (χ4v) is 2.40. The van der Waals surface area contributed by atoms with E-state index >= 15 is 0 Å². The summed E-state index contributed by atoms with van der Waals surface area (Å²) in [6.45, 7) is 1.70. The van der Waals surface area contributed by atoms with Crippen LogP contribution in [-0.2, 0) is 0 Å². The first-order valence-corrected chi connectivity index (χ1v) is 7.40. The second kappa shape index (κ2) is 5.73. The largest absolute Gasteiger partial charge is 0.316 e. The Morgan fingerprint density at radius 1 is 1.18 bits per heavy atom. The maximum Gasteiger partial charge on any atom is 0.281 e. The first-order valence-electron chi connectivity index (χ1n) is 6.61. The molecule has 1 aromatic carbocycles. The molecular weight excluding hydrogens is 346 g/mol. The van der Waals surface area contributed by atoms with Crippen molar-refractivity contribution < 1.29 is 4.79 Å². The summed E-state index contributed by atoms with van der Waals surface area (Å²) in [5, 5.41) is 2.66. The predicted molar refractivity (Wildman–Crippen MR) is 88.3 cm³/mol. The molecule has 3 aromatic rings. The highest BCUT2D eigenvalue weighted by molar-refractivity contribution is 9.10. The summed E-state index contributed by atoms with van der Waals surface area (Å²) in [4.78, 5) is 29.1. The van der Waals surface area contributed by atoms with E-state index in [1.165, 1.54) is 4.40 Å². The number of aryl methyl sites for hydroxylation is 1. The zero-order chi connectivity index (χ0) is 15.7. The Morgan fingerprint density at radius 3 is 2.64 bits per heavy atom. The average molecular weight is 358 g/mol. The number of anilines is 1. The van der Waals surface area contributed by atoms with Crippen LogP contribution in [0.15, 0.2) is 57.9 Å². The summed E-state index contributed by atoms with van der Waals surface area (Å²) in [5.74, 6) is -0.342. The normalized spacial score (nSPS) is 10.6. The van der Waals surface area contributed by atoms with E-state index in [1.807, 2.05) is 0 Å². The molecule has 1 N–H and O–H groups in total. The van der Waals surface area contributed by atoms with Gasteiger partial charge in [-0.15, -0.1) is 0 Å². The molecule has 0 radical (unpaired) electrons. The third kappa shape index (κ3) is 2.65. The standard InChI is InChI=1S/C16H12BrN3O2/c1-10-14(16(22)20-9-3-2-4-13(20)18-10)19-15(21)11-5-7-12(17)8-6-11/h2-9H,1H3,(H,19,21). The van der Waals surface area contributed by atoms with Crippen LogP contribution in [0.1, 0.15) is 16.1 Å². The van der Waals surface area contributed by atoms with E-state index in [1.54, 1.807) is 55.6 Å². The minimum atomic E-state index is -0.342. The molecule has 5 nitrogen and oxygen atoms in total. The molecule has 0 aliphatic carbocycles. The van der Waals surface area contributed by atoms with Gasteiger partial charge in [-0.2, -0.15) is 0 Å². The van der Waals surface area contributed by atoms with Crippen molar-refractivity contribution in [2.75, 3.05) is 5.32 Å². The lowest BCUT2D eigenvalue weighted by Crippen LogP contribution is -2.24. The van der Waals surface area contributed by atoms with Crippen molar-refractivity contribution in [1.82, 2.24) is 9.38 Å². The second-order valence-corrected chi connectivity index (χ2v) is 5.68. The SMILES string of the molecule is Cc1nc2ccccn2c(=O)c1NC(=O)c1ccc(Br)cc1. The third-order valence-electron chi connectivity index (χ3n) is 3.26. The van der Waals surface area contributed by atoms with Crippen molar-refractivity contribution in [1.29, 1.82) is 0 Å². The fourth-order valence-electron chi connectivity index (χ4n) is 2.13. The van der Waals surface area contributed by atoms with Gasteiger partial charge in [-0.25, -0.2) is 4.98 Å². The summed E-state index contributed by atoms with van der Waals surface area (Å²) in [6.07, 6.45) is 1.62. The first kappa shape index (κ1) is 14.5. The molecule has 110 valence electrons. The van der Waals surface area contributed by atoms with Crippen LogP contribution in [0, 0.1) is 6.92 Å². The lowest BCUT2D eigenvalue weighted by atomic mass is 10.2. The molecule has 6 heteroatoms. The van der Waals surface area contributed by atoms with Crippen molar-refractivity contribution in [3.63, 3.8) is 0 Å². The van der Waals surface area contributed by atoms with Crippen LogP contribution in [-0.4, -0.2) is 15.3 Å². The highest BCUT2D eigenvalue weighted by atomic mass is 79.9. The maximum atomic E-state index is 12.5. The van der Waals surface area contributed by atoms with E-state index in [2.05, 4.69) is 26.2 Å². The molecule has 0 spiro atoms. The average Bonchev–Trinajstić information content (AvgIpc) is 2.52. The fraction of sp³-hybridized carbons (Fsp3) is 0.0625. The third-order valence-corrected chi connectivity index (χ3v) is 3.79. The van der Waals surface area contributed by atoms with Crippen LogP contribution in [0.5, 0.6) is 0 Å². The Labute approximate surface area is 134 Å². The number of hydrogen-bond acceptors (Lipinski definition) is 3. The van der Waals surface area contributed by atoms with E-state index in [4.69, 9.17) is 0 Å². The topological polar surface area (TPSA) is 63.5 Å². The number of pyridine rings is 1. The second-order valence-electron chi connectivity index (χ2n) is 4.77. The number of carbonyl (C=O) groups is 1. The summed E-state index contributed by atoms with van der Waals surface area (Å²) in [7, 11) is 0. The molecule has 0 bridgehead atoms. The van der Waals surface area contributed by atoms with Gasteiger partial charge >= 0.3 is 0 Å². The summed E-state index contributed by atoms with van der Waals surface area (Å²) < 4.78 is 2.29. The van der Waals surface area contributed by atoms with Crippen molar-refractivity contribution in [3.05, 3.63) is 74.7 Å². The minimum absolute atomic E-state index is 0.191. The van der Waals surface area contributed by atoms with Crippen LogP contribution in [0.4, 0.5) is 5.69 Å². The van der Waals surface area contributed by atoms with Crippen LogP contribution < -0.4 is 10.9 Å². The van der Waals surface area contributed by atoms with Crippen LogP contribution >= 0.6 is 15.9 Å². The Bertz CT molecular complexity index is 917. The van der Waals surface area contributed by atoms with Gasteiger partial charge in [0.1, 0.15) is 11.3 Å². The number of nitrogens with one attached hydrogen (secondary N) is 1. The van der Waals surface area contributed by atoms with Crippen LogP contribution in [0.2, 0.25) is 0 Å². The van der Waals surface area contributed by atoms with E-state index in [0.29, 0.717) is 16.9 Å². The molecule has 22 heavy (non-hydrogen) atoms. The smallest absolute Gasteiger partial charge is 0.281 e. The molecule has 0 aliphatic rings. The molecule has 3 rings (SSSR count). The van der Waals surface area contributed by atoms with E-state index in [9.17, 15) is 9.59 Å². The molecule has 0 saturated heterocycles. The number of fused-ring (bicyclic) bond motifs is 1. The molecule has 0 aliphatic heterocycles. The highest BCUT2D eigenvalue weighted by Gasteiger charge is 2.13. The van der Waals surface area contributed by atoms with E-state index in [-0.39, 0.29) is 17.2 Å². The molecule has 0 unspecified atom stereocenters. The number of benzene rings is 1. The Morgan fingerprint density at radius 2 is 1.91 bits per heavy atom. The minimum Gasteiger partial charge on any atom is -0.316 e. The molecule has 2 heterocycles. The van der Waals surface area contributed by atoms with Crippen LogP contribution in [0.3, 0.4) is 0 Å². The zero-order valence-electron chi connectivity index (χ0n) is 11.7. The molecule has 0 fully saturated rings. The molecule has 0 atom stereocenters. The van der Waals surface area contributed by atoms with Gasteiger partial charge in [0.2, 0.25) is 0 Å². The van der Waals surface area contributed by atoms with Crippen LogP contribution in [0.25, 0.3) is 5.65 Å². The summed E-state index contributed by atoms with van der Waals surface area (Å²) in [5.41, 5.74) is 1.40. The number of nitrogens with zero attached hydrogens (tertiary/aromatic N) is 2. The monoisotopic (exact) mass is 357 g/mol. The van der Waals surface area contributed by atoms with Gasteiger partial charge in [0.05, 0.1) is 5.69 Å². The van der Waals surface area contributed by atoms with Crippen molar-refractivity contribution >= 4 is 33.2 Å². The van der Waals surface area contributed by atoms with Gasteiger partial charge in [0.15, 0.2) is 0 Å². The predicted octanol–water partition coefficient (Wildman–Crippen LogP) is 3.02. The molecule has 0 saturated carbocycles. The maximum absolute atomic E-state index is 12.5. The van der Waals surface area contributed by atoms with E-state index < -0.39 is 0 Å². The van der Waals surface area contributed by atoms with Crippen molar-refractivity contribution in [2.24, 2.45) is 0 Å². The first-order chi connectivity index (χ1) is 10.6. The lowest BCUT2D eigenvalue weighted by Gasteiger charge is -2.09. The zero-order valence-corrected chi connectivity index (χ0v) is 13.3. The molecule has 1 amide bonds. The van der Waals surface area contributed by atoms with Gasteiger partial charge in [-0.05, 0) is 43.3 Å².